The molecule has 1 aromatic carbocycles. The number of rotatable bonds is 3. The van der Waals surface area contributed by atoms with Crippen molar-refractivity contribution in [1.29, 1.82) is 0 Å². The molecule has 0 saturated carbocycles. The Kier molecular flexibility index (Phi) is 4.51. The molecule has 2 heterocycles. The van der Waals surface area contributed by atoms with Crippen molar-refractivity contribution in [3.05, 3.63) is 56.0 Å². The minimum atomic E-state index is -0.680. The van der Waals surface area contributed by atoms with Gasteiger partial charge in [-0.05, 0) is 38.8 Å². The second kappa shape index (κ2) is 6.53. The van der Waals surface area contributed by atoms with E-state index < -0.39 is 17.3 Å². The summed E-state index contributed by atoms with van der Waals surface area (Å²) in [7, 11) is 2.95. The normalized spacial score (nSPS) is 12.4. The Bertz CT molecular complexity index is 1160. The topological polar surface area (TPSA) is 90.9 Å². The molecule has 1 N–H and O–H groups in total. The first-order valence-corrected chi connectivity index (χ1v) is 8.64. The second-order valence-corrected chi connectivity index (χ2v) is 6.97. The van der Waals surface area contributed by atoms with Crippen molar-refractivity contribution in [2.24, 2.45) is 14.1 Å². The molecule has 0 bridgehead atoms. The Morgan fingerprint density at radius 3 is 2.26 bits per heavy atom. The number of hydrogen-bond donors (Lipinski definition) is 1. The molecule has 0 aliphatic heterocycles. The third kappa shape index (κ3) is 2.97. The number of amides is 1. The van der Waals surface area contributed by atoms with Gasteiger partial charge < -0.3 is 9.88 Å². The van der Waals surface area contributed by atoms with E-state index in [1.54, 1.807) is 14.0 Å². The average molecular weight is 369 g/mol. The van der Waals surface area contributed by atoms with Crippen molar-refractivity contribution in [3.8, 4) is 0 Å². The maximum Gasteiger partial charge on any atom is 0.332 e. The van der Waals surface area contributed by atoms with Gasteiger partial charge in [-0.2, -0.15) is 0 Å². The lowest BCUT2D eigenvalue weighted by Crippen LogP contribution is -2.38. The highest BCUT2D eigenvalue weighted by Crippen LogP contribution is 2.23. The van der Waals surface area contributed by atoms with Gasteiger partial charge in [-0.15, -0.1) is 0 Å². The molecule has 1 amide bonds. The number of nitrogens with zero attached hydrogens (tertiary/aromatic N) is 4. The maximum atomic E-state index is 12.9. The summed E-state index contributed by atoms with van der Waals surface area (Å²) in [6.07, 6.45) is 1.42. The van der Waals surface area contributed by atoms with E-state index in [9.17, 15) is 14.4 Å². The van der Waals surface area contributed by atoms with Crippen LogP contribution in [0.1, 0.15) is 29.7 Å². The number of anilines is 1. The van der Waals surface area contributed by atoms with Crippen LogP contribution >= 0.6 is 0 Å². The van der Waals surface area contributed by atoms with E-state index >= 15 is 0 Å². The lowest BCUT2D eigenvalue weighted by molar-refractivity contribution is -0.118. The largest absolute Gasteiger partial charge is 0.332 e. The minimum Gasteiger partial charge on any atom is -0.324 e. The molecule has 3 aromatic rings. The van der Waals surface area contributed by atoms with Gasteiger partial charge in [0.2, 0.25) is 5.91 Å². The fraction of sp³-hybridized carbons (Fsp3) is 0.368. The quantitative estimate of drug-likeness (QED) is 0.758. The second-order valence-electron chi connectivity index (χ2n) is 6.97. The molecule has 0 aliphatic carbocycles. The van der Waals surface area contributed by atoms with Crippen LogP contribution in [0.25, 0.3) is 11.2 Å². The SMILES string of the molecule is Cc1cc(C)c(NC(=O)C(C)n2cnc3c2c(=O)n(C)c(=O)n3C)c(C)c1. The van der Waals surface area contributed by atoms with Gasteiger partial charge in [0.1, 0.15) is 6.04 Å². The number of aryl methyl sites for hydroxylation is 4. The molecule has 27 heavy (non-hydrogen) atoms. The van der Waals surface area contributed by atoms with E-state index in [1.165, 1.54) is 22.5 Å². The average Bonchev–Trinajstić information content (AvgIpc) is 3.05. The van der Waals surface area contributed by atoms with Gasteiger partial charge >= 0.3 is 5.69 Å². The number of carbonyl (C=O) groups is 1. The number of nitrogens with one attached hydrogen (secondary N) is 1. The van der Waals surface area contributed by atoms with Crippen LogP contribution < -0.4 is 16.6 Å². The molecule has 0 fully saturated rings. The number of fused-ring (bicyclic) bond motifs is 1. The number of aromatic nitrogens is 4. The third-order valence-electron chi connectivity index (χ3n) is 4.90. The van der Waals surface area contributed by atoms with E-state index in [-0.39, 0.29) is 17.1 Å². The van der Waals surface area contributed by atoms with Gasteiger partial charge in [-0.25, -0.2) is 9.78 Å². The molecule has 142 valence electrons. The summed E-state index contributed by atoms with van der Waals surface area (Å²) in [5.74, 6) is -0.264. The Morgan fingerprint density at radius 2 is 1.67 bits per heavy atom. The van der Waals surface area contributed by atoms with Crippen LogP contribution in [-0.2, 0) is 18.9 Å². The van der Waals surface area contributed by atoms with Crippen LogP contribution in [0.15, 0.2) is 28.0 Å². The van der Waals surface area contributed by atoms with Crippen LogP contribution in [-0.4, -0.2) is 24.6 Å². The summed E-state index contributed by atoms with van der Waals surface area (Å²) < 4.78 is 3.82. The zero-order chi connectivity index (χ0) is 20.0. The number of imidazole rings is 1. The summed E-state index contributed by atoms with van der Waals surface area (Å²) >= 11 is 0. The molecule has 8 nitrogen and oxygen atoms in total. The van der Waals surface area contributed by atoms with E-state index in [1.807, 2.05) is 32.9 Å². The molecular formula is C19H23N5O3. The van der Waals surface area contributed by atoms with Crippen LogP contribution in [0.2, 0.25) is 0 Å². The summed E-state index contributed by atoms with van der Waals surface area (Å²) in [5.41, 5.74) is 3.38. The fourth-order valence-corrected chi connectivity index (χ4v) is 3.39. The summed E-state index contributed by atoms with van der Waals surface area (Å²) in [5, 5.41) is 2.95. The summed E-state index contributed by atoms with van der Waals surface area (Å²) in [6.45, 7) is 7.59. The van der Waals surface area contributed by atoms with Gasteiger partial charge in [-0.1, -0.05) is 17.7 Å². The summed E-state index contributed by atoms with van der Waals surface area (Å²) in [4.78, 5) is 41.7. The molecule has 0 spiro atoms. The van der Waals surface area contributed by atoms with Gasteiger partial charge in [-0.3, -0.25) is 18.7 Å². The van der Waals surface area contributed by atoms with Crippen molar-refractivity contribution < 1.29 is 4.79 Å². The molecule has 1 unspecified atom stereocenters. The van der Waals surface area contributed by atoms with Crippen molar-refractivity contribution in [3.63, 3.8) is 0 Å². The molecule has 2 aromatic heterocycles. The zero-order valence-corrected chi connectivity index (χ0v) is 16.3. The molecule has 0 radical (unpaired) electrons. The van der Waals surface area contributed by atoms with Crippen molar-refractivity contribution >= 4 is 22.8 Å². The van der Waals surface area contributed by atoms with E-state index in [0.29, 0.717) is 0 Å². The van der Waals surface area contributed by atoms with Crippen LogP contribution in [0, 0.1) is 20.8 Å². The van der Waals surface area contributed by atoms with Crippen LogP contribution in [0.3, 0.4) is 0 Å². The first-order valence-electron chi connectivity index (χ1n) is 8.64. The summed E-state index contributed by atoms with van der Waals surface area (Å²) in [6, 6.07) is 3.33. The van der Waals surface area contributed by atoms with Crippen molar-refractivity contribution in [2.45, 2.75) is 33.7 Å². The first kappa shape index (κ1) is 18.6. The number of benzene rings is 1. The highest BCUT2D eigenvalue weighted by Gasteiger charge is 2.22. The van der Waals surface area contributed by atoms with Crippen molar-refractivity contribution in [2.75, 3.05) is 5.32 Å². The monoisotopic (exact) mass is 369 g/mol. The van der Waals surface area contributed by atoms with Crippen molar-refractivity contribution in [1.82, 2.24) is 18.7 Å². The lowest BCUT2D eigenvalue weighted by atomic mass is 10.0. The van der Waals surface area contributed by atoms with Crippen LogP contribution in [0.5, 0.6) is 0 Å². The standard InChI is InChI=1S/C19H23N5O3/c1-10-7-11(2)14(12(3)8-10)21-17(25)13(4)24-9-20-16-15(24)18(26)23(6)19(27)22(16)5/h7-9,13H,1-6H3,(H,21,25). The number of hydrogen-bond acceptors (Lipinski definition) is 4. The molecule has 3 rings (SSSR count). The fourth-order valence-electron chi connectivity index (χ4n) is 3.39. The molecule has 0 saturated heterocycles. The van der Waals surface area contributed by atoms with Gasteiger partial charge in [0.15, 0.2) is 11.2 Å². The van der Waals surface area contributed by atoms with Gasteiger partial charge in [0.05, 0.1) is 6.33 Å². The minimum absolute atomic E-state index is 0.222. The highest BCUT2D eigenvalue weighted by molar-refractivity contribution is 5.95. The molecule has 8 heteroatoms. The van der Waals surface area contributed by atoms with Gasteiger partial charge in [0, 0.05) is 19.8 Å². The van der Waals surface area contributed by atoms with E-state index in [2.05, 4.69) is 10.3 Å². The van der Waals surface area contributed by atoms with E-state index in [4.69, 9.17) is 0 Å². The van der Waals surface area contributed by atoms with Crippen LogP contribution in [0.4, 0.5) is 5.69 Å². The Hall–Kier alpha value is -3.16. The Morgan fingerprint density at radius 1 is 1.07 bits per heavy atom. The number of carbonyl (C=O) groups excluding carboxylic acids is 1. The Balaban J connectivity index is 2.04. The maximum absolute atomic E-state index is 12.9. The predicted octanol–water partition coefficient (Wildman–Crippen LogP) is 1.56. The van der Waals surface area contributed by atoms with E-state index in [0.717, 1.165) is 26.9 Å². The smallest absolute Gasteiger partial charge is 0.324 e. The predicted molar refractivity (Wildman–Crippen MR) is 104 cm³/mol. The molecule has 1 atom stereocenters. The lowest BCUT2D eigenvalue weighted by Gasteiger charge is -2.18. The highest BCUT2D eigenvalue weighted by atomic mass is 16.2. The zero-order valence-electron chi connectivity index (χ0n) is 16.3. The Labute approximate surface area is 156 Å². The van der Waals surface area contributed by atoms with Gasteiger partial charge in [0.25, 0.3) is 5.56 Å². The first-order chi connectivity index (χ1) is 12.6. The third-order valence-corrected chi connectivity index (χ3v) is 4.90. The molecular weight excluding hydrogens is 346 g/mol. The molecule has 0 aliphatic rings.